The first-order valence-electron chi connectivity index (χ1n) is 11.2. The maximum Gasteiger partial charge on any atom is 0.338 e. The summed E-state index contributed by atoms with van der Waals surface area (Å²) in [6.07, 6.45) is 1.82. The predicted molar refractivity (Wildman–Crippen MR) is 146 cm³/mol. The first-order valence-corrected chi connectivity index (χ1v) is 13.6. The molecule has 0 fully saturated rings. The second-order valence-electron chi connectivity index (χ2n) is 8.07. The van der Waals surface area contributed by atoms with Gasteiger partial charge in [-0.15, -0.1) is 0 Å². The van der Waals surface area contributed by atoms with Gasteiger partial charge in [-0.25, -0.2) is 9.79 Å². The number of aromatic nitrogens is 1. The van der Waals surface area contributed by atoms with Crippen molar-refractivity contribution >= 4 is 55.2 Å². The number of hydrogen-bond acceptors (Lipinski definition) is 6. The number of benzene rings is 2. The van der Waals surface area contributed by atoms with Gasteiger partial charge in [-0.2, -0.15) is 0 Å². The van der Waals surface area contributed by atoms with Crippen molar-refractivity contribution < 1.29 is 13.9 Å². The van der Waals surface area contributed by atoms with Crippen LogP contribution in [0, 0.1) is 0 Å². The number of fused-ring (bicyclic) bond motifs is 1. The number of thiazole rings is 1. The Kier molecular flexibility index (Phi) is 6.96. The average molecular weight is 628 g/mol. The Balaban J connectivity index is 1.69. The van der Waals surface area contributed by atoms with Crippen molar-refractivity contribution in [2.24, 2.45) is 4.99 Å². The monoisotopic (exact) mass is 626 g/mol. The lowest BCUT2D eigenvalue weighted by atomic mass is 10.0. The Morgan fingerprint density at radius 2 is 1.92 bits per heavy atom. The third-order valence-corrected chi connectivity index (χ3v) is 7.69. The molecule has 1 aliphatic rings. The van der Waals surface area contributed by atoms with Gasteiger partial charge in [0.2, 0.25) is 0 Å². The number of halogens is 2. The average Bonchev–Trinajstić information content (AvgIpc) is 3.44. The number of carbonyl (C=O) groups excluding carboxylic acids is 1. The van der Waals surface area contributed by atoms with Crippen LogP contribution in [-0.4, -0.2) is 17.1 Å². The highest BCUT2D eigenvalue weighted by Gasteiger charge is 2.35. The van der Waals surface area contributed by atoms with Crippen LogP contribution in [0.1, 0.15) is 31.2 Å². The summed E-state index contributed by atoms with van der Waals surface area (Å²) >= 11 is 8.19. The van der Waals surface area contributed by atoms with Gasteiger partial charge in [0.25, 0.3) is 5.56 Å². The molecule has 0 aliphatic carbocycles. The van der Waals surface area contributed by atoms with E-state index in [2.05, 4.69) is 36.9 Å². The van der Waals surface area contributed by atoms with E-state index in [1.165, 1.54) is 15.9 Å². The van der Waals surface area contributed by atoms with Crippen LogP contribution in [0.2, 0.25) is 0 Å². The molecule has 0 amide bonds. The molecule has 5 rings (SSSR count). The number of carbonyl (C=O) groups is 1. The van der Waals surface area contributed by atoms with Crippen molar-refractivity contribution in [2.45, 2.75) is 19.9 Å². The van der Waals surface area contributed by atoms with Gasteiger partial charge in [0.15, 0.2) is 4.80 Å². The Morgan fingerprint density at radius 1 is 1.14 bits per heavy atom. The van der Waals surface area contributed by atoms with Crippen LogP contribution in [0.25, 0.3) is 17.4 Å². The molecule has 9 heteroatoms. The van der Waals surface area contributed by atoms with Gasteiger partial charge in [-0.05, 0) is 61.9 Å². The van der Waals surface area contributed by atoms with E-state index in [0.29, 0.717) is 26.6 Å². The van der Waals surface area contributed by atoms with Crippen molar-refractivity contribution in [3.63, 3.8) is 0 Å². The SMILES string of the molecule is CCOC(=O)C1=C(C)N=c2s/c(=C\c3cccc(Br)c3)c(=O)n2[C@H]1c1ccc(-c2ccc(Br)cc2)o1. The molecule has 3 heterocycles. The zero-order valence-corrected chi connectivity index (χ0v) is 23.3. The van der Waals surface area contributed by atoms with Crippen molar-refractivity contribution in [2.75, 3.05) is 6.61 Å². The first-order chi connectivity index (χ1) is 17.4. The standard InChI is InChI=1S/C27H20Br2N2O4S/c1-3-34-26(33)23-15(2)30-27-31(25(32)22(36-27)14-16-5-4-6-19(29)13-16)24(23)21-12-11-20(35-21)17-7-9-18(28)10-8-17/h4-14,24H,3H2,1-2H3/b22-14-/t24-/m0/s1. The van der Waals surface area contributed by atoms with Gasteiger partial charge < -0.3 is 9.15 Å². The molecule has 6 nitrogen and oxygen atoms in total. The number of ether oxygens (including phenoxy) is 1. The lowest BCUT2D eigenvalue weighted by Crippen LogP contribution is -2.39. The van der Waals surface area contributed by atoms with Crippen molar-refractivity contribution in [3.8, 4) is 11.3 Å². The molecule has 182 valence electrons. The molecular formula is C27H20Br2N2O4S. The fourth-order valence-electron chi connectivity index (χ4n) is 4.08. The van der Waals surface area contributed by atoms with Crippen LogP contribution in [-0.2, 0) is 9.53 Å². The summed E-state index contributed by atoms with van der Waals surface area (Å²) in [5, 5.41) is 0. The van der Waals surface area contributed by atoms with E-state index >= 15 is 0 Å². The zero-order valence-electron chi connectivity index (χ0n) is 19.3. The van der Waals surface area contributed by atoms with E-state index in [-0.39, 0.29) is 17.7 Å². The molecule has 2 aromatic carbocycles. The van der Waals surface area contributed by atoms with E-state index in [0.717, 1.165) is 20.1 Å². The third-order valence-electron chi connectivity index (χ3n) is 5.69. The summed E-state index contributed by atoms with van der Waals surface area (Å²) in [6.45, 7) is 3.70. The summed E-state index contributed by atoms with van der Waals surface area (Å²) in [4.78, 5) is 31.8. The highest BCUT2D eigenvalue weighted by Crippen LogP contribution is 2.34. The van der Waals surface area contributed by atoms with E-state index in [9.17, 15) is 9.59 Å². The Labute approximate surface area is 227 Å². The molecular weight excluding hydrogens is 608 g/mol. The van der Waals surface area contributed by atoms with Gasteiger partial charge in [-0.3, -0.25) is 9.36 Å². The predicted octanol–water partition coefficient (Wildman–Crippen LogP) is 5.58. The molecule has 0 bridgehead atoms. The summed E-state index contributed by atoms with van der Waals surface area (Å²) in [7, 11) is 0. The molecule has 0 unspecified atom stereocenters. The van der Waals surface area contributed by atoms with Gasteiger partial charge >= 0.3 is 5.97 Å². The Bertz CT molecular complexity index is 1680. The molecule has 36 heavy (non-hydrogen) atoms. The zero-order chi connectivity index (χ0) is 25.4. The number of nitrogens with zero attached hydrogens (tertiary/aromatic N) is 2. The van der Waals surface area contributed by atoms with Crippen LogP contribution in [0.15, 0.2) is 95.1 Å². The maximum atomic E-state index is 13.7. The Hall–Kier alpha value is -3.01. The number of rotatable bonds is 5. The number of esters is 1. The summed E-state index contributed by atoms with van der Waals surface area (Å²) in [5.41, 5.74) is 2.29. The van der Waals surface area contributed by atoms with E-state index in [4.69, 9.17) is 9.15 Å². The molecule has 2 aromatic heterocycles. The smallest absolute Gasteiger partial charge is 0.338 e. The van der Waals surface area contributed by atoms with Crippen molar-refractivity contribution in [1.29, 1.82) is 0 Å². The quantitative estimate of drug-likeness (QED) is 0.271. The molecule has 0 N–H and O–H groups in total. The van der Waals surface area contributed by atoms with E-state index in [1.807, 2.05) is 60.7 Å². The second kappa shape index (κ2) is 10.2. The number of allylic oxidation sites excluding steroid dienone is 1. The highest BCUT2D eigenvalue weighted by atomic mass is 79.9. The van der Waals surface area contributed by atoms with Crippen LogP contribution in [0.4, 0.5) is 0 Å². The van der Waals surface area contributed by atoms with Gasteiger partial charge in [0.05, 0.1) is 22.4 Å². The third kappa shape index (κ3) is 4.70. The largest absolute Gasteiger partial charge is 0.463 e. The minimum Gasteiger partial charge on any atom is -0.463 e. The summed E-state index contributed by atoms with van der Waals surface area (Å²) < 4.78 is 15.5. The Morgan fingerprint density at radius 3 is 2.64 bits per heavy atom. The molecule has 0 radical (unpaired) electrons. The van der Waals surface area contributed by atoms with Crippen LogP contribution in [0.5, 0.6) is 0 Å². The maximum absolute atomic E-state index is 13.7. The van der Waals surface area contributed by atoms with Gasteiger partial charge in [0, 0.05) is 14.5 Å². The van der Waals surface area contributed by atoms with Gasteiger partial charge in [0.1, 0.15) is 17.6 Å². The number of furan rings is 1. The molecule has 1 atom stereocenters. The minimum atomic E-state index is -0.797. The van der Waals surface area contributed by atoms with Crippen LogP contribution >= 0.6 is 43.2 Å². The summed E-state index contributed by atoms with van der Waals surface area (Å²) in [5.74, 6) is 0.568. The lowest BCUT2D eigenvalue weighted by molar-refractivity contribution is -0.139. The molecule has 0 spiro atoms. The normalized spacial score (nSPS) is 15.6. The topological polar surface area (TPSA) is 73.8 Å². The van der Waals surface area contributed by atoms with Crippen LogP contribution < -0.4 is 14.9 Å². The fraction of sp³-hybridized carbons (Fsp3) is 0.148. The molecule has 0 saturated heterocycles. The van der Waals surface area contributed by atoms with Crippen molar-refractivity contribution in [3.05, 3.63) is 112 Å². The molecule has 1 aliphatic heterocycles. The first kappa shape index (κ1) is 24.7. The molecule has 0 saturated carbocycles. The highest BCUT2D eigenvalue weighted by molar-refractivity contribution is 9.10. The molecule has 4 aromatic rings. The second-order valence-corrected chi connectivity index (χ2v) is 10.9. The van der Waals surface area contributed by atoms with Gasteiger partial charge in [-0.1, -0.05) is 67.5 Å². The minimum absolute atomic E-state index is 0.206. The van der Waals surface area contributed by atoms with Crippen LogP contribution in [0.3, 0.4) is 0 Å². The number of hydrogen-bond donors (Lipinski definition) is 0. The fourth-order valence-corrected chi connectivity index (χ4v) is 5.81. The van der Waals surface area contributed by atoms with E-state index < -0.39 is 12.0 Å². The van der Waals surface area contributed by atoms with E-state index in [1.54, 1.807) is 19.9 Å². The van der Waals surface area contributed by atoms with Crippen molar-refractivity contribution in [1.82, 2.24) is 4.57 Å². The lowest BCUT2D eigenvalue weighted by Gasteiger charge is -2.22. The summed E-state index contributed by atoms with van der Waals surface area (Å²) in [6, 6.07) is 18.3.